The SMILES string of the molecule is CCCC(=O)c1oc2cnccc2c1NC(=O)O. The Morgan fingerprint density at radius 3 is 2.94 bits per heavy atom. The Hall–Kier alpha value is -2.37. The number of carbonyl (C=O) groups is 2. The summed E-state index contributed by atoms with van der Waals surface area (Å²) in [7, 11) is 0. The van der Waals surface area contributed by atoms with Crippen molar-refractivity contribution in [1.29, 1.82) is 0 Å². The van der Waals surface area contributed by atoms with Gasteiger partial charge in [0.25, 0.3) is 0 Å². The Labute approximate surface area is 103 Å². The second kappa shape index (κ2) is 4.87. The quantitative estimate of drug-likeness (QED) is 0.811. The number of anilines is 1. The van der Waals surface area contributed by atoms with Gasteiger partial charge in [0.2, 0.25) is 0 Å². The number of fused-ring (bicyclic) bond motifs is 1. The lowest BCUT2D eigenvalue weighted by Crippen LogP contribution is -2.10. The zero-order chi connectivity index (χ0) is 13.1. The van der Waals surface area contributed by atoms with Crippen LogP contribution in [0.4, 0.5) is 10.5 Å². The minimum Gasteiger partial charge on any atom is -0.465 e. The number of carboxylic acid groups (broad SMARTS) is 1. The zero-order valence-electron chi connectivity index (χ0n) is 9.77. The zero-order valence-corrected chi connectivity index (χ0v) is 9.77. The van der Waals surface area contributed by atoms with Crippen molar-refractivity contribution >= 4 is 28.5 Å². The Balaban J connectivity index is 2.56. The number of amides is 1. The summed E-state index contributed by atoms with van der Waals surface area (Å²) < 4.78 is 5.38. The fourth-order valence-electron chi connectivity index (χ4n) is 1.72. The summed E-state index contributed by atoms with van der Waals surface area (Å²) in [5, 5.41) is 11.5. The van der Waals surface area contributed by atoms with Crippen LogP contribution in [0.25, 0.3) is 11.0 Å². The van der Waals surface area contributed by atoms with E-state index in [1.54, 1.807) is 6.07 Å². The average Bonchev–Trinajstić information content (AvgIpc) is 2.68. The lowest BCUT2D eigenvalue weighted by Gasteiger charge is -2.00. The molecule has 0 aromatic carbocycles. The summed E-state index contributed by atoms with van der Waals surface area (Å²) >= 11 is 0. The van der Waals surface area contributed by atoms with Gasteiger partial charge in [0, 0.05) is 18.0 Å². The third-order valence-corrected chi connectivity index (χ3v) is 2.46. The molecule has 0 radical (unpaired) electrons. The molecule has 0 fully saturated rings. The monoisotopic (exact) mass is 248 g/mol. The summed E-state index contributed by atoms with van der Waals surface area (Å²) in [6.45, 7) is 1.87. The Bertz CT molecular complexity index is 603. The van der Waals surface area contributed by atoms with Crippen molar-refractivity contribution < 1.29 is 19.1 Å². The van der Waals surface area contributed by atoms with Crippen molar-refractivity contribution in [1.82, 2.24) is 4.98 Å². The first-order valence-corrected chi connectivity index (χ1v) is 5.53. The molecular formula is C12H12N2O4. The fourth-order valence-corrected chi connectivity index (χ4v) is 1.72. The Morgan fingerprint density at radius 2 is 2.28 bits per heavy atom. The maximum Gasteiger partial charge on any atom is 0.409 e. The molecule has 6 heteroatoms. The molecule has 2 rings (SSSR count). The van der Waals surface area contributed by atoms with Crippen LogP contribution in [0.5, 0.6) is 0 Å². The molecule has 0 spiro atoms. The molecule has 0 bridgehead atoms. The van der Waals surface area contributed by atoms with Crippen molar-refractivity contribution in [3.8, 4) is 0 Å². The summed E-state index contributed by atoms with van der Waals surface area (Å²) in [5.41, 5.74) is 0.582. The van der Waals surface area contributed by atoms with Crippen LogP contribution in [0.2, 0.25) is 0 Å². The lowest BCUT2D eigenvalue weighted by atomic mass is 10.1. The molecule has 0 saturated carbocycles. The lowest BCUT2D eigenvalue weighted by molar-refractivity contribution is 0.0958. The van der Waals surface area contributed by atoms with Gasteiger partial charge in [-0.15, -0.1) is 0 Å². The molecule has 0 saturated heterocycles. The van der Waals surface area contributed by atoms with E-state index in [1.165, 1.54) is 12.4 Å². The second-order valence-corrected chi connectivity index (χ2v) is 3.78. The molecule has 0 aliphatic rings. The summed E-state index contributed by atoms with van der Waals surface area (Å²) in [4.78, 5) is 26.5. The Kier molecular flexibility index (Phi) is 3.27. The number of rotatable bonds is 4. The molecule has 0 unspecified atom stereocenters. The molecule has 2 heterocycles. The molecule has 2 aromatic rings. The molecule has 2 N–H and O–H groups in total. The van der Waals surface area contributed by atoms with Gasteiger partial charge < -0.3 is 9.52 Å². The molecule has 0 atom stereocenters. The highest BCUT2D eigenvalue weighted by Gasteiger charge is 2.21. The number of hydrogen-bond donors (Lipinski definition) is 2. The molecule has 94 valence electrons. The second-order valence-electron chi connectivity index (χ2n) is 3.78. The van der Waals surface area contributed by atoms with Gasteiger partial charge in [-0.05, 0) is 12.5 Å². The normalized spacial score (nSPS) is 10.5. The average molecular weight is 248 g/mol. The van der Waals surface area contributed by atoms with E-state index >= 15 is 0 Å². The van der Waals surface area contributed by atoms with Gasteiger partial charge in [0.05, 0.1) is 6.20 Å². The van der Waals surface area contributed by atoms with E-state index in [9.17, 15) is 9.59 Å². The van der Waals surface area contributed by atoms with Crippen molar-refractivity contribution in [2.75, 3.05) is 5.32 Å². The third-order valence-electron chi connectivity index (χ3n) is 2.46. The number of Topliss-reactive ketones (excluding diaryl/α,β-unsaturated/α-hetero) is 1. The number of pyridine rings is 1. The minimum atomic E-state index is -1.24. The van der Waals surface area contributed by atoms with E-state index in [0.29, 0.717) is 23.8 Å². The first-order valence-electron chi connectivity index (χ1n) is 5.53. The van der Waals surface area contributed by atoms with Gasteiger partial charge in [0.15, 0.2) is 17.1 Å². The highest BCUT2D eigenvalue weighted by molar-refractivity contribution is 6.10. The van der Waals surface area contributed by atoms with E-state index < -0.39 is 6.09 Å². The fraction of sp³-hybridized carbons (Fsp3) is 0.250. The van der Waals surface area contributed by atoms with Crippen LogP contribution in [-0.4, -0.2) is 22.0 Å². The van der Waals surface area contributed by atoms with Crippen LogP contribution in [0.15, 0.2) is 22.9 Å². The summed E-state index contributed by atoms with van der Waals surface area (Å²) in [5.74, 6) is -0.181. The van der Waals surface area contributed by atoms with Gasteiger partial charge in [-0.2, -0.15) is 0 Å². The first kappa shape index (κ1) is 12.1. The third kappa shape index (κ3) is 2.17. The number of nitrogens with zero attached hydrogens (tertiary/aromatic N) is 1. The molecule has 0 aliphatic heterocycles. The van der Waals surface area contributed by atoms with Crippen molar-refractivity contribution in [2.45, 2.75) is 19.8 Å². The van der Waals surface area contributed by atoms with Crippen LogP contribution < -0.4 is 5.32 Å². The van der Waals surface area contributed by atoms with E-state index in [2.05, 4.69) is 10.3 Å². The highest BCUT2D eigenvalue weighted by Crippen LogP contribution is 2.31. The van der Waals surface area contributed by atoms with E-state index in [4.69, 9.17) is 9.52 Å². The molecule has 1 amide bonds. The number of hydrogen-bond acceptors (Lipinski definition) is 4. The smallest absolute Gasteiger partial charge is 0.409 e. The van der Waals surface area contributed by atoms with Crippen LogP contribution in [-0.2, 0) is 0 Å². The first-order chi connectivity index (χ1) is 8.63. The van der Waals surface area contributed by atoms with Crippen molar-refractivity contribution in [3.63, 3.8) is 0 Å². The maximum atomic E-state index is 11.9. The molecule has 0 aliphatic carbocycles. The number of nitrogens with one attached hydrogen (secondary N) is 1. The topological polar surface area (TPSA) is 92.4 Å². The van der Waals surface area contributed by atoms with Gasteiger partial charge in [-0.1, -0.05) is 6.92 Å². The van der Waals surface area contributed by atoms with Crippen LogP contribution in [0.3, 0.4) is 0 Å². The summed E-state index contributed by atoms with van der Waals surface area (Å²) in [6.07, 6.45) is 2.70. The molecule has 18 heavy (non-hydrogen) atoms. The number of carbonyl (C=O) groups excluding carboxylic acids is 1. The Morgan fingerprint density at radius 1 is 1.50 bits per heavy atom. The number of ketones is 1. The van der Waals surface area contributed by atoms with Crippen LogP contribution >= 0.6 is 0 Å². The van der Waals surface area contributed by atoms with Crippen molar-refractivity contribution in [3.05, 3.63) is 24.2 Å². The number of furan rings is 1. The highest BCUT2D eigenvalue weighted by atomic mass is 16.4. The minimum absolute atomic E-state index is 0.0438. The van der Waals surface area contributed by atoms with Gasteiger partial charge >= 0.3 is 6.09 Å². The van der Waals surface area contributed by atoms with Gasteiger partial charge in [0.1, 0.15) is 5.69 Å². The van der Waals surface area contributed by atoms with Gasteiger partial charge in [-0.3, -0.25) is 15.1 Å². The van der Waals surface area contributed by atoms with Crippen LogP contribution in [0, 0.1) is 0 Å². The van der Waals surface area contributed by atoms with Crippen LogP contribution in [0.1, 0.15) is 30.3 Å². The predicted molar refractivity (Wildman–Crippen MR) is 64.9 cm³/mol. The van der Waals surface area contributed by atoms with Gasteiger partial charge in [-0.25, -0.2) is 4.79 Å². The predicted octanol–water partition coefficient (Wildman–Crippen LogP) is 2.90. The van der Waals surface area contributed by atoms with E-state index in [-0.39, 0.29) is 17.2 Å². The maximum absolute atomic E-state index is 11.9. The molecule has 2 aromatic heterocycles. The largest absolute Gasteiger partial charge is 0.465 e. The summed E-state index contributed by atoms with van der Waals surface area (Å²) in [6, 6.07) is 1.60. The van der Waals surface area contributed by atoms with Crippen molar-refractivity contribution in [2.24, 2.45) is 0 Å². The standard InChI is InChI=1S/C12H12N2O4/c1-2-3-8(15)11-10(14-12(16)17)7-4-5-13-6-9(7)18-11/h4-6,14H,2-3H2,1H3,(H,16,17). The molecular weight excluding hydrogens is 236 g/mol. The molecule has 6 nitrogen and oxygen atoms in total. The van der Waals surface area contributed by atoms with E-state index in [0.717, 1.165) is 0 Å². The van der Waals surface area contributed by atoms with E-state index in [1.807, 2.05) is 6.92 Å². The number of aromatic nitrogens is 1.